The van der Waals surface area contributed by atoms with Crippen molar-refractivity contribution in [2.24, 2.45) is 0 Å². The lowest BCUT2D eigenvalue weighted by Crippen LogP contribution is -2.37. The Bertz CT molecular complexity index is 161. The van der Waals surface area contributed by atoms with E-state index in [0.717, 1.165) is 0 Å². The zero-order valence-electron chi connectivity index (χ0n) is 6.46. The van der Waals surface area contributed by atoms with Gasteiger partial charge in [-0.2, -0.15) is 5.26 Å². The van der Waals surface area contributed by atoms with E-state index >= 15 is 0 Å². The molecule has 0 aromatic rings. The molecule has 0 bridgehead atoms. The molecule has 0 heterocycles. The minimum atomic E-state index is -0.0657. The second-order valence-electron chi connectivity index (χ2n) is 1.89. The fourth-order valence-corrected chi connectivity index (χ4v) is 0.463. The number of hydrogen-bond donors (Lipinski definition) is 0. The first-order valence-corrected chi connectivity index (χ1v) is 3.03. The summed E-state index contributed by atoms with van der Waals surface area (Å²) in [5.74, 6) is -0.0657. The molecule has 0 fully saturated rings. The van der Waals surface area contributed by atoms with Gasteiger partial charge in [-0.05, 0) is 0 Å². The summed E-state index contributed by atoms with van der Waals surface area (Å²) in [6, 6.07) is 0. The largest absolute Gasteiger partial charge is 0.273 e. The molecule has 0 aromatic carbocycles. The van der Waals surface area contributed by atoms with Crippen molar-refractivity contribution in [1.82, 2.24) is 10.0 Å². The lowest BCUT2D eigenvalue weighted by molar-refractivity contribution is -0.139. The van der Waals surface area contributed by atoms with Crippen molar-refractivity contribution in [3.8, 4) is 6.19 Å². The van der Waals surface area contributed by atoms with Crippen molar-refractivity contribution < 1.29 is 4.79 Å². The van der Waals surface area contributed by atoms with Gasteiger partial charge >= 0.3 is 0 Å². The third-order valence-corrected chi connectivity index (χ3v) is 1.26. The van der Waals surface area contributed by atoms with E-state index in [2.05, 4.69) is 0 Å². The molecular formula is C6H11N3O. The van der Waals surface area contributed by atoms with Crippen LogP contribution in [0.25, 0.3) is 0 Å². The fourth-order valence-electron chi connectivity index (χ4n) is 0.463. The summed E-state index contributed by atoms with van der Waals surface area (Å²) in [6.07, 6.45) is 2.24. The molecule has 56 valence electrons. The molecule has 4 nitrogen and oxygen atoms in total. The van der Waals surface area contributed by atoms with Crippen molar-refractivity contribution in [2.45, 2.75) is 13.3 Å². The Labute approximate surface area is 60.6 Å². The third kappa shape index (κ3) is 1.94. The molecule has 4 heteroatoms. The van der Waals surface area contributed by atoms with Gasteiger partial charge in [0.25, 0.3) is 0 Å². The number of carbonyl (C=O) groups is 1. The predicted octanol–water partition coefficient (Wildman–Crippen LogP) is 0.183. The summed E-state index contributed by atoms with van der Waals surface area (Å²) in [5.41, 5.74) is 0. The summed E-state index contributed by atoms with van der Waals surface area (Å²) in [4.78, 5) is 10.8. The van der Waals surface area contributed by atoms with Crippen LogP contribution in [0.4, 0.5) is 0 Å². The van der Waals surface area contributed by atoms with Crippen LogP contribution in [0.3, 0.4) is 0 Å². The molecule has 0 unspecified atom stereocenters. The van der Waals surface area contributed by atoms with Crippen molar-refractivity contribution in [3.05, 3.63) is 0 Å². The minimum Gasteiger partial charge on any atom is -0.273 e. The quantitative estimate of drug-likeness (QED) is 0.313. The van der Waals surface area contributed by atoms with Crippen molar-refractivity contribution in [2.75, 3.05) is 14.1 Å². The number of hydrogen-bond acceptors (Lipinski definition) is 3. The maximum atomic E-state index is 10.8. The highest BCUT2D eigenvalue weighted by Crippen LogP contribution is 1.91. The maximum absolute atomic E-state index is 10.8. The first-order valence-electron chi connectivity index (χ1n) is 3.03. The van der Waals surface area contributed by atoms with Gasteiger partial charge in [-0.15, -0.1) is 0 Å². The van der Waals surface area contributed by atoms with Gasteiger partial charge in [0, 0.05) is 20.5 Å². The zero-order valence-corrected chi connectivity index (χ0v) is 6.46. The van der Waals surface area contributed by atoms with Gasteiger partial charge in [0.05, 0.1) is 0 Å². The van der Waals surface area contributed by atoms with E-state index in [1.54, 1.807) is 14.0 Å². The van der Waals surface area contributed by atoms with E-state index in [1.165, 1.54) is 17.1 Å². The van der Waals surface area contributed by atoms with Crippen LogP contribution in [0.5, 0.6) is 0 Å². The van der Waals surface area contributed by atoms with E-state index in [-0.39, 0.29) is 5.91 Å². The highest BCUT2D eigenvalue weighted by Gasteiger charge is 2.08. The molecule has 0 radical (unpaired) electrons. The number of rotatable bonds is 2. The molecule has 0 rings (SSSR count). The van der Waals surface area contributed by atoms with Crippen LogP contribution in [-0.4, -0.2) is 30.0 Å². The Hall–Kier alpha value is -1.24. The Morgan fingerprint density at radius 2 is 2.10 bits per heavy atom. The SMILES string of the molecule is CCC(=O)N(C)N(C)C#N. The molecule has 0 aromatic heterocycles. The molecule has 0 saturated carbocycles. The molecule has 0 spiro atoms. The molecule has 0 aliphatic heterocycles. The second kappa shape index (κ2) is 3.72. The molecule has 0 saturated heterocycles. The molecule has 0 atom stereocenters. The van der Waals surface area contributed by atoms with E-state index in [9.17, 15) is 4.79 Å². The Balaban J connectivity index is 3.97. The van der Waals surface area contributed by atoms with E-state index in [1.807, 2.05) is 6.19 Å². The first kappa shape index (κ1) is 8.76. The highest BCUT2D eigenvalue weighted by molar-refractivity contribution is 5.75. The topological polar surface area (TPSA) is 47.3 Å². The molecule has 0 aliphatic rings. The monoisotopic (exact) mass is 141 g/mol. The van der Waals surface area contributed by atoms with Gasteiger partial charge in [0.1, 0.15) is 0 Å². The number of nitriles is 1. The zero-order chi connectivity index (χ0) is 8.15. The first-order chi connectivity index (χ1) is 4.63. The van der Waals surface area contributed by atoms with Gasteiger partial charge in [-0.1, -0.05) is 6.92 Å². The summed E-state index contributed by atoms with van der Waals surface area (Å²) in [6.45, 7) is 1.75. The van der Waals surface area contributed by atoms with Gasteiger partial charge in [0.15, 0.2) is 6.19 Å². The lowest BCUT2D eigenvalue weighted by atomic mass is 10.4. The Morgan fingerprint density at radius 3 is 2.40 bits per heavy atom. The van der Waals surface area contributed by atoms with Crippen LogP contribution in [0, 0.1) is 11.5 Å². The number of hydrazine groups is 1. The Kier molecular flexibility index (Phi) is 3.26. The average molecular weight is 141 g/mol. The van der Waals surface area contributed by atoms with Gasteiger partial charge < -0.3 is 0 Å². The standard InChI is InChI=1S/C6H11N3O/c1-4-6(10)9(3)8(2)5-7/h4H2,1-3H3. The summed E-state index contributed by atoms with van der Waals surface area (Å²) in [5, 5.41) is 10.8. The van der Waals surface area contributed by atoms with E-state index in [0.29, 0.717) is 6.42 Å². The summed E-state index contributed by atoms with van der Waals surface area (Å²) in [7, 11) is 3.10. The van der Waals surface area contributed by atoms with Gasteiger partial charge in [-0.25, -0.2) is 10.0 Å². The second-order valence-corrected chi connectivity index (χ2v) is 1.89. The van der Waals surface area contributed by atoms with Crippen LogP contribution in [0.2, 0.25) is 0 Å². The molecular weight excluding hydrogens is 130 g/mol. The molecule has 0 aliphatic carbocycles. The lowest BCUT2D eigenvalue weighted by Gasteiger charge is -2.21. The number of amides is 1. The third-order valence-electron chi connectivity index (χ3n) is 1.26. The van der Waals surface area contributed by atoms with Crippen molar-refractivity contribution in [3.63, 3.8) is 0 Å². The molecule has 1 amide bonds. The van der Waals surface area contributed by atoms with Crippen molar-refractivity contribution in [1.29, 1.82) is 5.26 Å². The normalized spacial score (nSPS) is 8.20. The smallest absolute Gasteiger partial charge is 0.241 e. The Morgan fingerprint density at radius 1 is 1.60 bits per heavy atom. The minimum absolute atomic E-state index is 0.0657. The average Bonchev–Trinajstić information content (AvgIpc) is 2.00. The van der Waals surface area contributed by atoms with Gasteiger partial charge in [-0.3, -0.25) is 4.79 Å². The molecule has 0 N–H and O–H groups in total. The fraction of sp³-hybridized carbons (Fsp3) is 0.667. The van der Waals surface area contributed by atoms with Crippen LogP contribution in [-0.2, 0) is 4.79 Å². The maximum Gasteiger partial charge on any atom is 0.241 e. The van der Waals surface area contributed by atoms with Crippen molar-refractivity contribution >= 4 is 5.91 Å². The molecule has 10 heavy (non-hydrogen) atoms. The van der Waals surface area contributed by atoms with Gasteiger partial charge in [0.2, 0.25) is 5.91 Å². The summed E-state index contributed by atoms with van der Waals surface area (Å²) >= 11 is 0. The number of nitrogens with zero attached hydrogens (tertiary/aromatic N) is 3. The summed E-state index contributed by atoms with van der Waals surface area (Å²) < 4.78 is 0. The van der Waals surface area contributed by atoms with Crippen LogP contribution >= 0.6 is 0 Å². The predicted molar refractivity (Wildman–Crippen MR) is 36.4 cm³/mol. The van der Waals surface area contributed by atoms with Crippen LogP contribution in [0.1, 0.15) is 13.3 Å². The van der Waals surface area contributed by atoms with E-state index in [4.69, 9.17) is 5.26 Å². The highest BCUT2D eigenvalue weighted by atomic mass is 16.2. The van der Waals surface area contributed by atoms with Crippen LogP contribution < -0.4 is 0 Å². The van der Waals surface area contributed by atoms with E-state index < -0.39 is 0 Å². The number of carbonyl (C=O) groups excluding carboxylic acids is 1. The van der Waals surface area contributed by atoms with Crippen LogP contribution in [0.15, 0.2) is 0 Å².